The summed E-state index contributed by atoms with van der Waals surface area (Å²) in [5.41, 5.74) is 0.120. The Morgan fingerprint density at radius 3 is 2.86 bits per heavy atom. The molecule has 0 radical (unpaired) electrons. The summed E-state index contributed by atoms with van der Waals surface area (Å²) in [4.78, 5) is 10.5. The van der Waals surface area contributed by atoms with E-state index in [2.05, 4.69) is 18.9 Å². The van der Waals surface area contributed by atoms with Gasteiger partial charge in [-0.15, -0.1) is 0 Å². The van der Waals surface area contributed by atoms with E-state index in [1.54, 1.807) is 10.9 Å². The number of aryl methyl sites for hydroxylation is 1. The van der Waals surface area contributed by atoms with E-state index in [0.717, 1.165) is 19.4 Å². The molecule has 0 bridgehead atoms. The molecule has 0 aliphatic heterocycles. The predicted molar refractivity (Wildman–Crippen MR) is 53.3 cm³/mol. The summed E-state index contributed by atoms with van der Waals surface area (Å²) in [6.07, 6.45) is 3.89. The average Bonchev–Trinajstić information content (AvgIpc) is 2.52. The van der Waals surface area contributed by atoms with Gasteiger partial charge >= 0.3 is 5.97 Å². The Morgan fingerprint density at radius 1 is 1.64 bits per heavy atom. The summed E-state index contributed by atoms with van der Waals surface area (Å²) in [5, 5.41) is 12.6. The third-order valence-corrected chi connectivity index (χ3v) is 2.03. The van der Waals surface area contributed by atoms with Crippen molar-refractivity contribution in [2.45, 2.75) is 33.2 Å². The van der Waals surface area contributed by atoms with Gasteiger partial charge in [0.1, 0.15) is 0 Å². The van der Waals surface area contributed by atoms with Crippen molar-refractivity contribution in [3.05, 3.63) is 18.0 Å². The van der Waals surface area contributed by atoms with Crippen LogP contribution >= 0.6 is 0 Å². The normalized spacial score (nSPS) is 10.8. The first-order valence-corrected chi connectivity index (χ1v) is 4.86. The van der Waals surface area contributed by atoms with Gasteiger partial charge in [0.2, 0.25) is 0 Å². The predicted octanol–water partition coefficient (Wildman–Crippen LogP) is 2.02. The van der Waals surface area contributed by atoms with Crippen LogP contribution in [0.1, 0.15) is 37.2 Å². The monoisotopic (exact) mass is 196 g/mol. The molecule has 1 N–H and O–H groups in total. The molecule has 0 spiro atoms. The maximum Gasteiger partial charge on any atom is 0.356 e. The Labute approximate surface area is 83.5 Å². The number of hydrogen-bond donors (Lipinski definition) is 1. The van der Waals surface area contributed by atoms with Crippen LogP contribution in [0.3, 0.4) is 0 Å². The maximum atomic E-state index is 10.5. The lowest BCUT2D eigenvalue weighted by Crippen LogP contribution is -2.03. The van der Waals surface area contributed by atoms with E-state index in [4.69, 9.17) is 5.11 Å². The lowest BCUT2D eigenvalue weighted by Gasteiger charge is -2.03. The minimum Gasteiger partial charge on any atom is -0.476 e. The zero-order valence-electron chi connectivity index (χ0n) is 8.60. The maximum absolute atomic E-state index is 10.5. The molecule has 14 heavy (non-hydrogen) atoms. The van der Waals surface area contributed by atoms with Gasteiger partial charge in [-0.25, -0.2) is 4.79 Å². The number of hydrogen-bond acceptors (Lipinski definition) is 2. The van der Waals surface area contributed by atoms with Crippen LogP contribution in [-0.2, 0) is 6.54 Å². The Bertz CT molecular complexity index is 305. The summed E-state index contributed by atoms with van der Waals surface area (Å²) < 4.78 is 1.69. The molecule has 0 amide bonds. The second kappa shape index (κ2) is 4.79. The molecule has 1 aromatic heterocycles. The Kier molecular flexibility index (Phi) is 3.68. The Morgan fingerprint density at radius 2 is 2.36 bits per heavy atom. The van der Waals surface area contributed by atoms with Crippen molar-refractivity contribution in [2.24, 2.45) is 5.92 Å². The van der Waals surface area contributed by atoms with E-state index in [1.807, 2.05) is 0 Å². The quantitative estimate of drug-likeness (QED) is 0.783. The number of carboxylic acid groups (broad SMARTS) is 1. The molecule has 0 saturated carbocycles. The summed E-state index contributed by atoms with van der Waals surface area (Å²) in [6, 6.07) is 1.53. The van der Waals surface area contributed by atoms with Crippen molar-refractivity contribution in [3.8, 4) is 0 Å². The number of nitrogens with zero attached hydrogens (tertiary/aromatic N) is 2. The van der Waals surface area contributed by atoms with E-state index in [1.165, 1.54) is 6.07 Å². The first-order valence-electron chi connectivity index (χ1n) is 4.86. The highest BCUT2D eigenvalue weighted by atomic mass is 16.4. The molecule has 0 aromatic carbocycles. The van der Waals surface area contributed by atoms with Crippen molar-refractivity contribution in [1.82, 2.24) is 9.78 Å². The van der Waals surface area contributed by atoms with Crippen LogP contribution < -0.4 is 0 Å². The molecule has 78 valence electrons. The van der Waals surface area contributed by atoms with Gasteiger partial charge in [-0.05, 0) is 24.8 Å². The largest absolute Gasteiger partial charge is 0.476 e. The fraction of sp³-hybridized carbons (Fsp3) is 0.600. The van der Waals surface area contributed by atoms with Gasteiger partial charge in [0, 0.05) is 12.7 Å². The van der Waals surface area contributed by atoms with E-state index in [-0.39, 0.29) is 5.69 Å². The average molecular weight is 196 g/mol. The fourth-order valence-electron chi connectivity index (χ4n) is 1.26. The zero-order valence-corrected chi connectivity index (χ0v) is 8.60. The molecule has 0 saturated heterocycles. The highest BCUT2D eigenvalue weighted by Gasteiger charge is 2.05. The lowest BCUT2D eigenvalue weighted by atomic mass is 10.1. The molecule has 4 heteroatoms. The number of carboxylic acids is 1. The van der Waals surface area contributed by atoms with Gasteiger partial charge in [-0.3, -0.25) is 4.68 Å². The van der Waals surface area contributed by atoms with E-state index < -0.39 is 5.97 Å². The van der Waals surface area contributed by atoms with Crippen LogP contribution in [0.4, 0.5) is 0 Å². The summed E-state index contributed by atoms with van der Waals surface area (Å²) in [5.74, 6) is -0.280. The summed E-state index contributed by atoms with van der Waals surface area (Å²) in [6.45, 7) is 5.14. The molecule has 0 fully saturated rings. The smallest absolute Gasteiger partial charge is 0.356 e. The second-order valence-electron chi connectivity index (χ2n) is 3.81. The summed E-state index contributed by atoms with van der Waals surface area (Å²) in [7, 11) is 0. The third-order valence-electron chi connectivity index (χ3n) is 2.03. The minimum absolute atomic E-state index is 0.120. The Balaban J connectivity index is 2.40. The van der Waals surface area contributed by atoms with Crippen molar-refractivity contribution >= 4 is 5.97 Å². The van der Waals surface area contributed by atoms with Crippen LogP contribution in [0.2, 0.25) is 0 Å². The van der Waals surface area contributed by atoms with Gasteiger partial charge in [0.05, 0.1) is 0 Å². The van der Waals surface area contributed by atoms with E-state index in [0.29, 0.717) is 5.92 Å². The van der Waals surface area contributed by atoms with Crippen molar-refractivity contribution in [3.63, 3.8) is 0 Å². The highest BCUT2D eigenvalue weighted by Crippen LogP contribution is 2.05. The van der Waals surface area contributed by atoms with Gasteiger partial charge in [0.25, 0.3) is 0 Å². The molecule has 4 nitrogen and oxygen atoms in total. The second-order valence-corrected chi connectivity index (χ2v) is 3.81. The topological polar surface area (TPSA) is 55.1 Å². The summed E-state index contributed by atoms with van der Waals surface area (Å²) >= 11 is 0. The standard InChI is InChI=1S/C10H16N2O2/c1-8(2)4-3-6-12-7-5-9(11-12)10(13)14/h5,7-8H,3-4,6H2,1-2H3,(H,13,14). The molecule has 0 aliphatic carbocycles. The van der Waals surface area contributed by atoms with Crippen molar-refractivity contribution in [1.29, 1.82) is 0 Å². The minimum atomic E-state index is -0.965. The molecule has 0 atom stereocenters. The molecule has 0 aliphatic rings. The van der Waals surface area contributed by atoms with E-state index >= 15 is 0 Å². The number of rotatable bonds is 5. The zero-order chi connectivity index (χ0) is 10.6. The van der Waals surface area contributed by atoms with Crippen LogP contribution in [-0.4, -0.2) is 20.9 Å². The van der Waals surface area contributed by atoms with Gasteiger partial charge < -0.3 is 5.11 Å². The first kappa shape index (κ1) is 10.8. The molecule has 1 heterocycles. The molecular formula is C10H16N2O2. The molecular weight excluding hydrogens is 180 g/mol. The number of aromatic carboxylic acids is 1. The van der Waals surface area contributed by atoms with Crippen molar-refractivity contribution in [2.75, 3.05) is 0 Å². The van der Waals surface area contributed by atoms with E-state index in [9.17, 15) is 4.79 Å². The first-order chi connectivity index (χ1) is 6.59. The fourth-order valence-corrected chi connectivity index (χ4v) is 1.26. The van der Waals surface area contributed by atoms with Gasteiger partial charge in [-0.1, -0.05) is 13.8 Å². The third kappa shape index (κ3) is 3.20. The van der Waals surface area contributed by atoms with Gasteiger partial charge in [-0.2, -0.15) is 5.10 Å². The SMILES string of the molecule is CC(C)CCCn1ccc(C(=O)O)n1. The van der Waals surface area contributed by atoms with Crippen LogP contribution in [0, 0.1) is 5.92 Å². The number of carbonyl (C=O) groups is 1. The molecule has 1 aromatic rings. The lowest BCUT2D eigenvalue weighted by molar-refractivity contribution is 0.0689. The Hall–Kier alpha value is -1.32. The highest BCUT2D eigenvalue weighted by molar-refractivity contribution is 5.84. The van der Waals surface area contributed by atoms with Crippen molar-refractivity contribution < 1.29 is 9.90 Å². The van der Waals surface area contributed by atoms with Gasteiger partial charge in [0.15, 0.2) is 5.69 Å². The van der Waals surface area contributed by atoms with Crippen LogP contribution in [0.15, 0.2) is 12.3 Å². The number of aromatic nitrogens is 2. The molecule has 1 rings (SSSR count). The molecule has 0 unspecified atom stereocenters. The van der Waals surface area contributed by atoms with Crippen LogP contribution in [0.25, 0.3) is 0 Å². The van der Waals surface area contributed by atoms with Crippen LogP contribution in [0.5, 0.6) is 0 Å².